The standard InChI is InChI=1S/C19H34N6O2/c1-15-20-18(24-6-8-26-16(13-24)11-22(2)3)10-19(21-15)25-7-9-27-17(14-25)12-23(4)5/h10,16-17H,6-9,11-14H2,1-5H3. The molecule has 1 aromatic heterocycles. The molecule has 3 heterocycles. The highest BCUT2D eigenvalue weighted by molar-refractivity contribution is 5.51. The molecule has 0 bridgehead atoms. The van der Waals surface area contributed by atoms with Crippen molar-refractivity contribution in [2.75, 3.05) is 90.5 Å². The SMILES string of the molecule is Cc1nc(N2CCOC(CN(C)C)C2)cc(N2CCOC(CN(C)C)C2)n1. The largest absolute Gasteiger partial charge is 0.373 e. The number of morpholine rings is 2. The monoisotopic (exact) mass is 378 g/mol. The molecule has 8 heteroatoms. The van der Waals surface area contributed by atoms with Crippen molar-refractivity contribution in [1.29, 1.82) is 0 Å². The molecule has 0 saturated carbocycles. The van der Waals surface area contributed by atoms with Crippen LogP contribution in [0.4, 0.5) is 11.6 Å². The van der Waals surface area contributed by atoms with Gasteiger partial charge in [-0.1, -0.05) is 0 Å². The molecule has 1 aromatic rings. The molecule has 2 fully saturated rings. The maximum atomic E-state index is 5.91. The van der Waals surface area contributed by atoms with Crippen molar-refractivity contribution >= 4 is 11.6 Å². The van der Waals surface area contributed by atoms with E-state index in [1.54, 1.807) is 0 Å². The van der Waals surface area contributed by atoms with Crippen LogP contribution in [0.25, 0.3) is 0 Å². The predicted octanol–water partition coefficient (Wildman–Crippen LogP) is 0.319. The lowest BCUT2D eigenvalue weighted by molar-refractivity contribution is 0.0242. The summed E-state index contributed by atoms with van der Waals surface area (Å²) in [7, 11) is 8.32. The first-order chi connectivity index (χ1) is 12.9. The molecule has 27 heavy (non-hydrogen) atoms. The van der Waals surface area contributed by atoms with Crippen molar-refractivity contribution < 1.29 is 9.47 Å². The van der Waals surface area contributed by atoms with Gasteiger partial charge in [0.2, 0.25) is 0 Å². The second-order valence-electron chi connectivity index (χ2n) is 8.03. The summed E-state index contributed by atoms with van der Waals surface area (Å²) in [4.78, 5) is 18.4. The number of rotatable bonds is 6. The van der Waals surface area contributed by atoms with Gasteiger partial charge in [0.1, 0.15) is 17.5 Å². The Bertz CT molecular complexity index is 564. The number of nitrogens with zero attached hydrogens (tertiary/aromatic N) is 6. The summed E-state index contributed by atoms with van der Waals surface area (Å²) in [6, 6.07) is 2.13. The number of anilines is 2. The van der Waals surface area contributed by atoms with Gasteiger partial charge in [0.25, 0.3) is 0 Å². The summed E-state index contributed by atoms with van der Waals surface area (Å²) in [5, 5.41) is 0. The van der Waals surface area contributed by atoms with E-state index in [1.165, 1.54) is 0 Å². The molecule has 0 spiro atoms. The number of ether oxygens (including phenoxy) is 2. The van der Waals surface area contributed by atoms with E-state index < -0.39 is 0 Å². The Morgan fingerprint density at radius 3 is 1.74 bits per heavy atom. The van der Waals surface area contributed by atoms with Crippen LogP contribution in [0.1, 0.15) is 5.82 Å². The minimum absolute atomic E-state index is 0.209. The number of likely N-dealkylation sites (N-methyl/N-ethyl adjacent to an activating group) is 2. The number of aryl methyl sites for hydroxylation is 1. The smallest absolute Gasteiger partial charge is 0.134 e. The molecule has 152 valence electrons. The van der Waals surface area contributed by atoms with Crippen LogP contribution in [0.3, 0.4) is 0 Å². The van der Waals surface area contributed by atoms with Crippen LogP contribution in [0.2, 0.25) is 0 Å². The Kier molecular flexibility index (Phi) is 6.86. The van der Waals surface area contributed by atoms with Crippen LogP contribution < -0.4 is 9.80 Å². The average molecular weight is 379 g/mol. The van der Waals surface area contributed by atoms with Gasteiger partial charge in [-0.2, -0.15) is 0 Å². The van der Waals surface area contributed by atoms with E-state index in [9.17, 15) is 0 Å². The minimum atomic E-state index is 0.209. The first-order valence-corrected chi connectivity index (χ1v) is 9.79. The van der Waals surface area contributed by atoms with E-state index in [0.717, 1.165) is 69.9 Å². The normalized spacial score (nSPS) is 24.1. The van der Waals surface area contributed by atoms with Gasteiger partial charge in [0.05, 0.1) is 25.4 Å². The maximum Gasteiger partial charge on any atom is 0.134 e. The Morgan fingerprint density at radius 2 is 1.33 bits per heavy atom. The van der Waals surface area contributed by atoms with Crippen molar-refractivity contribution in [3.63, 3.8) is 0 Å². The van der Waals surface area contributed by atoms with Crippen molar-refractivity contribution in [2.45, 2.75) is 19.1 Å². The van der Waals surface area contributed by atoms with Gasteiger partial charge in [0.15, 0.2) is 0 Å². The number of aromatic nitrogens is 2. The zero-order chi connectivity index (χ0) is 19.4. The molecule has 0 radical (unpaired) electrons. The topological polar surface area (TPSA) is 57.2 Å². The van der Waals surface area contributed by atoms with Crippen LogP contribution in [-0.4, -0.2) is 113 Å². The van der Waals surface area contributed by atoms with E-state index in [0.29, 0.717) is 0 Å². The van der Waals surface area contributed by atoms with Crippen molar-refractivity contribution in [3.05, 3.63) is 11.9 Å². The van der Waals surface area contributed by atoms with E-state index in [4.69, 9.17) is 19.4 Å². The second-order valence-corrected chi connectivity index (χ2v) is 8.03. The third-order valence-corrected chi connectivity index (χ3v) is 4.87. The van der Waals surface area contributed by atoms with Gasteiger partial charge in [-0.3, -0.25) is 0 Å². The number of hydrogen-bond acceptors (Lipinski definition) is 8. The Morgan fingerprint density at radius 1 is 0.889 bits per heavy atom. The van der Waals surface area contributed by atoms with E-state index in [-0.39, 0.29) is 12.2 Å². The fraction of sp³-hybridized carbons (Fsp3) is 0.789. The number of hydrogen-bond donors (Lipinski definition) is 0. The molecule has 2 saturated heterocycles. The molecule has 2 aliphatic heterocycles. The Hall–Kier alpha value is -1.48. The molecule has 0 aliphatic carbocycles. The minimum Gasteiger partial charge on any atom is -0.373 e. The van der Waals surface area contributed by atoms with E-state index in [2.05, 4.69) is 53.9 Å². The lowest BCUT2D eigenvalue weighted by atomic mass is 10.2. The predicted molar refractivity (Wildman–Crippen MR) is 108 cm³/mol. The fourth-order valence-corrected chi connectivity index (χ4v) is 3.75. The molecule has 2 aliphatic rings. The lowest BCUT2D eigenvalue weighted by Crippen LogP contribution is -2.48. The highest BCUT2D eigenvalue weighted by Crippen LogP contribution is 2.23. The first kappa shape index (κ1) is 20.3. The quantitative estimate of drug-likeness (QED) is 0.702. The van der Waals surface area contributed by atoms with Gasteiger partial charge in [-0.05, 0) is 35.1 Å². The third kappa shape index (κ3) is 5.75. The van der Waals surface area contributed by atoms with Crippen LogP contribution in [0.15, 0.2) is 6.07 Å². The van der Waals surface area contributed by atoms with E-state index in [1.807, 2.05) is 6.92 Å². The van der Waals surface area contributed by atoms with E-state index >= 15 is 0 Å². The summed E-state index contributed by atoms with van der Waals surface area (Å²) >= 11 is 0. The summed E-state index contributed by atoms with van der Waals surface area (Å²) in [6.45, 7) is 8.74. The summed E-state index contributed by atoms with van der Waals surface area (Å²) < 4.78 is 11.8. The molecule has 0 N–H and O–H groups in total. The lowest BCUT2D eigenvalue weighted by Gasteiger charge is -2.37. The zero-order valence-corrected chi connectivity index (χ0v) is 17.4. The van der Waals surface area contributed by atoms with Gasteiger partial charge >= 0.3 is 0 Å². The van der Waals surface area contributed by atoms with Gasteiger partial charge in [-0.25, -0.2) is 9.97 Å². The molecular weight excluding hydrogens is 344 g/mol. The molecule has 2 unspecified atom stereocenters. The van der Waals surface area contributed by atoms with Gasteiger partial charge < -0.3 is 29.1 Å². The molecule has 3 rings (SSSR count). The van der Waals surface area contributed by atoms with Crippen molar-refractivity contribution in [3.8, 4) is 0 Å². The maximum absolute atomic E-state index is 5.91. The highest BCUT2D eigenvalue weighted by Gasteiger charge is 2.25. The molecular formula is C19H34N6O2. The molecule has 2 atom stereocenters. The average Bonchev–Trinajstić information content (AvgIpc) is 2.60. The zero-order valence-electron chi connectivity index (χ0n) is 17.4. The Balaban J connectivity index is 1.72. The summed E-state index contributed by atoms with van der Waals surface area (Å²) in [5.74, 6) is 2.81. The summed E-state index contributed by atoms with van der Waals surface area (Å²) in [6.07, 6.45) is 0.417. The van der Waals surface area contributed by atoms with Crippen LogP contribution in [0.5, 0.6) is 0 Å². The highest BCUT2D eigenvalue weighted by atomic mass is 16.5. The van der Waals surface area contributed by atoms with Gasteiger partial charge in [0, 0.05) is 45.3 Å². The second kappa shape index (κ2) is 9.14. The Labute approximate surface area is 163 Å². The van der Waals surface area contributed by atoms with Crippen LogP contribution in [0, 0.1) is 6.92 Å². The summed E-state index contributed by atoms with van der Waals surface area (Å²) in [5.41, 5.74) is 0. The molecule has 0 aromatic carbocycles. The molecule has 0 amide bonds. The first-order valence-electron chi connectivity index (χ1n) is 9.79. The van der Waals surface area contributed by atoms with Crippen LogP contribution >= 0.6 is 0 Å². The fourth-order valence-electron chi connectivity index (χ4n) is 3.75. The third-order valence-electron chi connectivity index (χ3n) is 4.87. The van der Waals surface area contributed by atoms with Crippen molar-refractivity contribution in [1.82, 2.24) is 19.8 Å². The van der Waals surface area contributed by atoms with Crippen molar-refractivity contribution in [2.24, 2.45) is 0 Å². The molecule has 8 nitrogen and oxygen atoms in total. The van der Waals surface area contributed by atoms with Gasteiger partial charge in [-0.15, -0.1) is 0 Å². The van der Waals surface area contributed by atoms with Crippen LogP contribution in [-0.2, 0) is 9.47 Å².